The van der Waals surface area contributed by atoms with E-state index in [-0.39, 0.29) is 17.3 Å². The minimum absolute atomic E-state index is 0.0955. The number of benzene rings is 2. The van der Waals surface area contributed by atoms with E-state index in [2.05, 4.69) is 10.5 Å². The molecule has 0 radical (unpaired) electrons. The Kier molecular flexibility index (Phi) is 6.13. The largest absolute Gasteiger partial charge is 0.272 e. The normalized spacial score (nSPS) is 10.7. The summed E-state index contributed by atoms with van der Waals surface area (Å²) in [6.07, 6.45) is 1.28. The molecule has 0 atom stereocenters. The van der Waals surface area contributed by atoms with Crippen molar-refractivity contribution in [3.05, 3.63) is 69.2 Å². The van der Waals surface area contributed by atoms with Crippen LogP contribution in [0.25, 0.3) is 0 Å². The van der Waals surface area contributed by atoms with Gasteiger partial charge < -0.3 is 0 Å². The van der Waals surface area contributed by atoms with Crippen LogP contribution >= 0.6 is 23.4 Å². The number of halogens is 1. The minimum Gasteiger partial charge on any atom is -0.272 e. The van der Waals surface area contributed by atoms with Crippen LogP contribution in [-0.4, -0.2) is 22.8 Å². The number of hydrogen-bond acceptors (Lipinski definition) is 5. The average Bonchev–Trinajstić information content (AvgIpc) is 2.55. The molecule has 0 aliphatic carbocycles. The highest BCUT2D eigenvalue weighted by Gasteiger charge is 2.08. The van der Waals surface area contributed by atoms with E-state index in [0.717, 1.165) is 4.90 Å². The molecule has 0 aromatic heterocycles. The van der Waals surface area contributed by atoms with Crippen LogP contribution in [0.1, 0.15) is 5.56 Å². The van der Waals surface area contributed by atoms with Crippen molar-refractivity contribution in [2.24, 2.45) is 5.10 Å². The molecular weight excluding hydrogens is 338 g/mol. The molecule has 0 aliphatic rings. The summed E-state index contributed by atoms with van der Waals surface area (Å²) in [6.45, 7) is 0. The number of thioether (sulfide) groups is 1. The van der Waals surface area contributed by atoms with Crippen molar-refractivity contribution in [3.63, 3.8) is 0 Å². The van der Waals surface area contributed by atoms with E-state index in [0.29, 0.717) is 10.6 Å². The fraction of sp³-hybridized carbons (Fsp3) is 0.0667. The molecule has 8 heteroatoms. The molecule has 2 rings (SSSR count). The molecule has 0 saturated heterocycles. The zero-order valence-electron chi connectivity index (χ0n) is 11.8. The average molecular weight is 350 g/mol. The van der Waals surface area contributed by atoms with Crippen molar-refractivity contribution in [3.8, 4) is 0 Å². The van der Waals surface area contributed by atoms with Crippen LogP contribution < -0.4 is 5.43 Å². The van der Waals surface area contributed by atoms with E-state index in [4.69, 9.17) is 11.6 Å². The molecule has 0 heterocycles. The summed E-state index contributed by atoms with van der Waals surface area (Å²) in [5, 5.41) is 14.8. The van der Waals surface area contributed by atoms with Crippen LogP contribution in [-0.2, 0) is 4.79 Å². The Labute approximate surface area is 141 Å². The first-order chi connectivity index (χ1) is 11.1. The lowest BCUT2D eigenvalue weighted by atomic mass is 10.2. The Bertz CT molecular complexity index is 738. The standard InChI is InChI=1S/C15H12ClN3O3S/c16-14-7-6-12(19(21)22)8-11(14)9-17-18-15(20)10-23-13-4-2-1-3-5-13/h1-9H,10H2,(H,18,20). The van der Waals surface area contributed by atoms with Gasteiger partial charge in [-0.3, -0.25) is 14.9 Å². The third-order valence-electron chi connectivity index (χ3n) is 2.70. The van der Waals surface area contributed by atoms with Gasteiger partial charge in [0.05, 0.1) is 16.9 Å². The van der Waals surface area contributed by atoms with Gasteiger partial charge in [0.25, 0.3) is 5.69 Å². The highest BCUT2D eigenvalue weighted by molar-refractivity contribution is 8.00. The van der Waals surface area contributed by atoms with Crippen molar-refractivity contribution in [2.75, 3.05) is 5.75 Å². The summed E-state index contributed by atoms with van der Waals surface area (Å²) in [7, 11) is 0. The number of nitrogens with one attached hydrogen (secondary N) is 1. The number of rotatable bonds is 6. The number of hydrogen-bond donors (Lipinski definition) is 1. The molecule has 1 N–H and O–H groups in total. The van der Waals surface area contributed by atoms with E-state index < -0.39 is 4.92 Å². The fourth-order valence-corrected chi connectivity index (χ4v) is 2.49. The van der Waals surface area contributed by atoms with Crippen molar-refractivity contribution in [1.29, 1.82) is 0 Å². The maximum absolute atomic E-state index is 11.7. The second kappa shape index (κ2) is 8.30. The molecule has 0 aliphatic heterocycles. The topological polar surface area (TPSA) is 84.6 Å². The lowest BCUT2D eigenvalue weighted by molar-refractivity contribution is -0.384. The third kappa shape index (κ3) is 5.39. The first kappa shape index (κ1) is 17.0. The van der Waals surface area contributed by atoms with E-state index in [1.165, 1.54) is 36.2 Å². The minimum atomic E-state index is -0.525. The molecule has 0 unspecified atom stereocenters. The lowest BCUT2D eigenvalue weighted by Gasteiger charge is -2.01. The molecule has 0 fully saturated rings. The Morgan fingerprint density at radius 2 is 2.04 bits per heavy atom. The van der Waals surface area contributed by atoms with Gasteiger partial charge >= 0.3 is 0 Å². The number of nitrogens with zero attached hydrogens (tertiary/aromatic N) is 2. The summed E-state index contributed by atoms with van der Waals surface area (Å²) in [5.41, 5.74) is 2.62. The zero-order valence-corrected chi connectivity index (χ0v) is 13.4. The Morgan fingerprint density at radius 1 is 1.30 bits per heavy atom. The van der Waals surface area contributed by atoms with E-state index >= 15 is 0 Å². The second-order valence-corrected chi connectivity index (χ2v) is 5.81. The van der Waals surface area contributed by atoms with Crippen LogP contribution in [0.3, 0.4) is 0 Å². The first-order valence-corrected chi connectivity index (χ1v) is 7.86. The van der Waals surface area contributed by atoms with Crippen LogP contribution in [0, 0.1) is 10.1 Å². The van der Waals surface area contributed by atoms with Crippen molar-refractivity contribution < 1.29 is 9.72 Å². The smallest absolute Gasteiger partial charge is 0.270 e. The predicted molar refractivity (Wildman–Crippen MR) is 91.0 cm³/mol. The zero-order chi connectivity index (χ0) is 16.7. The van der Waals surface area contributed by atoms with Gasteiger partial charge in [0.15, 0.2) is 0 Å². The molecule has 2 aromatic rings. The number of hydrazone groups is 1. The van der Waals surface area contributed by atoms with Crippen LogP contribution in [0.4, 0.5) is 5.69 Å². The van der Waals surface area contributed by atoms with Gasteiger partial charge in [0.1, 0.15) is 0 Å². The lowest BCUT2D eigenvalue weighted by Crippen LogP contribution is -2.19. The monoisotopic (exact) mass is 349 g/mol. The van der Waals surface area contributed by atoms with Crippen molar-refractivity contribution in [1.82, 2.24) is 5.43 Å². The molecule has 0 saturated carbocycles. The predicted octanol–water partition coefficient (Wildman–Crippen LogP) is 3.49. The highest BCUT2D eigenvalue weighted by Crippen LogP contribution is 2.20. The second-order valence-electron chi connectivity index (χ2n) is 4.36. The van der Waals surface area contributed by atoms with Gasteiger partial charge in [-0.25, -0.2) is 5.43 Å². The molecule has 1 amide bonds. The molecule has 0 bridgehead atoms. The molecule has 23 heavy (non-hydrogen) atoms. The SMILES string of the molecule is O=C(CSc1ccccc1)NN=Cc1cc([N+](=O)[O-])ccc1Cl. The van der Waals surface area contributed by atoms with Gasteiger partial charge in [-0.1, -0.05) is 29.8 Å². The van der Waals surface area contributed by atoms with Gasteiger partial charge in [0.2, 0.25) is 5.91 Å². The maximum atomic E-state index is 11.7. The highest BCUT2D eigenvalue weighted by atomic mass is 35.5. The molecule has 6 nitrogen and oxygen atoms in total. The van der Waals surface area contributed by atoms with E-state index in [1.807, 2.05) is 30.3 Å². The van der Waals surface area contributed by atoms with Crippen LogP contribution in [0.15, 0.2) is 58.5 Å². The summed E-state index contributed by atoms with van der Waals surface area (Å²) in [5.74, 6) is -0.0685. The number of non-ortho nitro benzene ring substituents is 1. The molecule has 118 valence electrons. The first-order valence-electron chi connectivity index (χ1n) is 6.50. The summed E-state index contributed by atoms with van der Waals surface area (Å²) in [6, 6.07) is 13.5. The van der Waals surface area contributed by atoms with E-state index in [1.54, 1.807) is 0 Å². The quantitative estimate of drug-likeness (QED) is 0.374. The van der Waals surface area contributed by atoms with Crippen molar-refractivity contribution in [2.45, 2.75) is 4.90 Å². The summed E-state index contributed by atoms with van der Waals surface area (Å²) in [4.78, 5) is 22.8. The fourth-order valence-electron chi connectivity index (χ4n) is 1.62. The number of nitro benzene ring substituents is 1. The molecular formula is C15H12ClN3O3S. The van der Waals surface area contributed by atoms with Crippen molar-refractivity contribution >= 4 is 41.2 Å². The van der Waals surface area contributed by atoms with E-state index in [9.17, 15) is 14.9 Å². The summed E-state index contributed by atoms with van der Waals surface area (Å²) >= 11 is 7.31. The van der Waals surface area contributed by atoms with Gasteiger partial charge in [-0.2, -0.15) is 5.10 Å². The number of carbonyl (C=O) groups excluding carboxylic acids is 1. The van der Waals surface area contributed by atoms with Crippen LogP contribution in [0.2, 0.25) is 5.02 Å². The molecule has 0 spiro atoms. The van der Waals surface area contributed by atoms with Gasteiger partial charge in [-0.05, 0) is 18.2 Å². The molecule has 2 aromatic carbocycles. The maximum Gasteiger partial charge on any atom is 0.270 e. The number of carbonyl (C=O) groups is 1. The number of amides is 1. The van der Waals surface area contributed by atoms with Crippen LogP contribution in [0.5, 0.6) is 0 Å². The Balaban J connectivity index is 1.90. The summed E-state index contributed by atoms with van der Waals surface area (Å²) < 4.78 is 0. The van der Waals surface area contributed by atoms with Gasteiger partial charge in [-0.15, -0.1) is 11.8 Å². The number of nitro groups is 1. The Morgan fingerprint density at radius 3 is 2.74 bits per heavy atom. The van der Waals surface area contributed by atoms with Gasteiger partial charge in [0, 0.05) is 27.6 Å². The Hall–Kier alpha value is -2.38. The third-order valence-corrected chi connectivity index (χ3v) is 4.05.